The average molecular weight is 326 g/mol. The number of carbonyl (C=O) groups is 1. The second-order valence-corrected chi connectivity index (χ2v) is 5.91. The highest BCUT2D eigenvalue weighted by Crippen LogP contribution is 2.41. The minimum Gasteiger partial charge on any atom is -0.449 e. The van der Waals surface area contributed by atoms with Crippen molar-refractivity contribution in [3.05, 3.63) is 34.1 Å². The molecule has 1 aromatic rings. The topological polar surface area (TPSA) is 38.3 Å². The molecule has 8 heteroatoms. The summed E-state index contributed by atoms with van der Waals surface area (Å²) in [4.78, 5) is 11.3. The molecule has 1 aliphatic rings. The standard InChI is InChI=1S/C13H12ClF4NO2/c1-12(2)5-21-11(20)19-10(12)7-3-6(13(16,17)18)4-8(14)9(7)15/h3-4,10H,5H2,1-2H3,(H,19,20)/t10-/m1/s1. The quantitative estimate of drug-likeness (QED) is 0.782. The fourth-order valence-corrected chi connectivity index (χ4v) is 2.40. The third-order valence-corrected chi connectivity index (χ3v) is 3.59. The first-order valence-corrected chi connectivity index (χ1v) is 6.39. The Morgan fingerprint density at radius 1 is 1.38 bits per heavy atom. The second kappa shape index (κ2) is 5.05. The summed E-state index contributed by atoms with van der Waals surface area (Å²) in [6.45, 7) is 3.24. The SMILES string of the molecule is CC1(C)COC(=O)N[C@@H]1c1cc(C(F)(F)F)cc(Cl)c1F. The van der Waals surface area contributed by atoms with Crippen LogP contribution < -0.4 is 5.32 Å². The number of alkyl halides is 3. The van der Waals surface area contributed by atoms with E-state index in [1.54, 1.807) is 13.8 Å². The Kier molecular flexibility index (Phi) is 3.82. The fraction of sp³-hybridized carbons (Fsp3) is 0.462. The molecule has 3 nitrogen and oxygen atoms in total. The van der Waals surface area contributed by atoms with Crippen molar-refractivity contribution < 1.29 is 27.1 Å². The maximum atomic E-state index is 14.1. The van der Waals surface area contributed by atoms with Crippen LogP contribution in [0.2, 0.25) is 5.02 Å². The Balaban J connectivity index is 2.56. The van der Waals surface area contributed by atoms with E-state index in [4.69, 9.17) is 16.3 Å². The lowest BCUT2D eigenvalue weighted by Crippen LogP contribution is -2.47. The van der Waals surface area contributed by atoms with Gasteiger partial charge >= 0.3 is 12.3 Å². The lowest BCUT2D eigenvalue weighted by atomic mass is 9.80. The maximum Gasteiger partial charge on any atom is 0.416 e. The Bertz CT molecular complexity index is 586. The summed E-state index contributed by atoms with van der Waals surface area (Å²) in [5, 5.41) is 1.70. The van der Waals surface area contributed by atoms with E-state index in [0.717, 1.165) is 0 Å². The van der Waals surface area contributed by atoms with Gasteiger partial charge in [0, 0.05) is 11.0 Å². The van der Waals surface area contributed by atoms with E-state index < -0.39 is 40.1 Å². The van der Waals surface area contributed by atoms with Gasteiger partial charge in [0.05, 0.1) is 16.6 Å². The van der Waals surface area contributed by atoms with Crippen molar-refractivity contribution in [1.29, 1.82) is 0 Å². The largest absolute Gasteiger partial charge is 0.449 e. The molecule has 0 bridgehead atoms. The van der Waals surface area contributed by atoms with Crippen LogP contribution in [0.3, 0.4) is 0 Å². The van der Waals surface area contributed by atoms with Crippen molar-refractivity contribution >= 4 is 17.7 Å². The van der Waals surface area contributed by atoms with Crippen LogP contribution in [0.1, 0.15) is 31.0 Å². The summed E-state index contributed by atoms with van der Waals surface area (Å²) in [7, 11) is 0. The molecular weight excluding hydrogens is 314 g/mol. The number of alkyl carbamates (subject to hydrolysis) is 1. The van der Waals surface area contributed by atoms with Gasteiger partial charge in [-0.2, -0.15) is 13.2 Å². The minimum absolute atomic E-state index is 0.0448. The number of cyclic esters (lactones) is 1. The zero-order chi connectivity index (χ0) is 16.0. The molecule has 1 amide bonds. The van der Waals surface area contributed by atoms with E-state index in [9.17, 15) is 22.4 Å². The van der Waals surface area contributed by atoms with Crippen molar-refractivity contribution in [2.75, 3.05) is 6.61 Å². The molecule has 21 heavy (non-hydrogen) atoms. The van der Waals surface area contributed by atoms with Crippen molar-refractivity contribution in [2.24, 2.45) is 5.41 Å². The van der Waals surface area contributed by atoms with Gasteiger partial charge in [0.15, 0.2) is 0 Å². The summed E-state index contributed by atoms with van der Waals surface area (Å²) in [5.74, 6) is -0.982. The van der Waals surface area contributed by atoms with Crippen LogP contribution in [0.25, 0.3) is 0 Å². The third-order valence-electron chi connectivity index (χ3n) is 3.31. The molecule has 1 N–H and O–H groups in total. The lowest BCUT2D eigenvalue weighted by molar-refractivity contribution is -0.137. The predicted octanol–water partition coefficient (Wildman–Crippen LogP) is 4.31. The molecule has 1 fully saturated rings. The summed E-state index contributed by atoms with van der Waals surface area (Å²) in [6, 6.07) is 0.215. The summed E-state index contributed by atoms with van der Waals surface area (Å²) < 4.78 is 57.4. The average Bonchev–Trinajstić information content (AvgIpc) is 2.34. The van der Waals surface area contributed by atoms with Crippen LogP contribution in [-0.4, -0.2) is 12.7 Å². The number of hydrogen-bond donors (Lipinski definition) is 1. The van der Waals surface area contributed by atoms with E-state index in [0.29, 0.717) is 12.1 Å². The van der Waals surface area contributed by atoms with Gasteiger partial charge in [0.25, 0.3) is 0 Å². The molecule has 1 heterocycles. The number of ether oxygens (including phenoxy) is 1. The van der Waals surface area contributed by atoms with Gasteiger partial charge in [-0.05, 0) is 12.1 Å². The number of rotatable bonds is 1. The van der Waals surface area contributed by atoms with E-state index in [-0.39, 0.29) is 12.2 Å². The molecular formula is C13H12ClF4NO2. The zero-order valence-electron chi connectivity index (χ0n) is 11.1. The van der Waals surface area contributed by atoms with Gasteiger partial charge < -0.3 is 10.1 Å². The second-order valence-electron chi connectivity index (χ2n) is 5.50. The molecule has 1 saturated heterocycles. The molecule has 116 valence electrons. The van der Waals surface area contributed by atoms with Gasteiger partial charge in [-0.1, -0.05) is 25.4 Å². The Labute approximate surface area is 123 Å². The van der Waals surface area contributed by atoms with Crippen molar-refractivity contribution in [1.82, 2.24) is 5.32 Å². The normalized spacial score (nSPS) is 21.7. The van der Waals surface area contributed by atoms with Crippen LogP contribution >= 0.6 is 11.6 Å². The van der Waals surface area contributed by atoms with E-state index >= 15 is 0 Å². The van der Waals surface area contributed by atoms with Gasteiger partial charge in [-0.25, -0.2) is 9.18 Å². The Morgan fingerprint density at radius 3 is 2.57 bits per heavy atom. The van der Waals surface area contributed by atoms with Gasteiger partial charge in [0.1, 0.15) is 12.4 Å². The molecule has 0 aliphatic carbocycles. The molecule has 0 saturated carbocycles. The number of hydrogen-bond acceptors (Lipinski definition) is 2. The first kappa shape index (κ1) is 15.9. The maximum absolute atomic E-state index is 14.1. The third kappa shape index (κ3) is 3.07. The van der Waals surface area contributed by atoms with E-state index in [1.165, 1.54) is 0 Å². The Morgan fingerprint density at radius 2 is 2.00 bits per heavy atom. The summed E-state index contributed by atoms with van der Waals surface area (Å²) in [5.41, 5.74) is -2.17. The first-order chi connectivity index (χ1) is 9.52. The molecule has 2 rings (SSSR count). The smallest absolute Gasteiger partial charge is 0.416 e. The van der Waals surface area contributed by atoms with Gasteiger partial charge in [-0.3, -0.25) is 0 Å². The number of carbonyl (C=O) groups excluding carboxylic acids is 1. The van der Waals surface area contributed by atoms with Crippen LogP contribution in [-0.2, 0) is 10.9 Å². The number of halogens is 5. The highest BCUT2D eigenvalue weighted by molar-refractivity contribution is 6.30. The highest BCUT2D eigenvalue weighted by Gasteiger charge is 2.41. The fourth-order valence-electron chi connectivity index (χ4n) is 2.17. The van der Waals surface area contributed by atoms with E-state index in [1.807, 2.05) is 0 Å². The minimum atomic E-state index is -4.66. The molecule has 0 spiro atoms. The molecule has 0 aromatic heterocycles. The van der Waals surface area contributed by atoms with Crippen LogP contribution in [0.4, 0.5) is 22.4 Å². The molecule has 1 atom stereocenters. The lowest BCUT2D eigenvalue weighted by Gasteiger charge is -2.38. The van der Waals surface area contributed by atoms with Crippen molar-refractivity contribution in [2.45, 2.75) is 26.1 Å². The first-order valence-electron chi connectivity index (χ1n) is 6.02. The predicted molar refractivity (Wildman–Crippen MR) is 67.4 cm³/mol. The highest BCUT2D eigenvalue weighted by atomic mass is 35.5. The number of nitrogens with one attached hydrogen (secondary N) is 1. The Hall–Kier alpha value is -1.50. The molecule has 1 aromatic carbocycles. The van der Waals surface area contributed by atoms with Crippen LogP contribution in [0.5, 0.6) is 0 Å². The summed E-state index contributed by atoms with van der Waals surface area (Å²) in [6.07, 6.45) is -5.47. The van der Waals surface area contributed by atoms with E-state index in [2.05, 4.69) is 5.32 Å². The van der Waals surface area contributed by atoms with Crippen LogP contribution in [0.15, 0.2) is 12.1 Å². The monoisotopic (exact) mass is 325 g/mol. The summed E-state index contributed by atoms with van der Waals surface area (Å²) >= 11 is 5.55. The van der Waals surface area contributed by atoms with Gasteiger partial charge in [-0.15, -0.1) is 0 Å². The molecule has 0 radical (unpaired) electrons. The number of amides is 1. The van der Waals surface area contributed by atoms with Crippen LogP contribution in [0, 0.1) is 11.2 Å². The van der Waals surface area contributed by atoms with Crippen molar-refractivity contribution in [3.8, 4) is 0 Å². The van der Waals surface area contributed by atoms with Crippen molar-refractivity contribution in [3.63, 3.8) is 0 Å². The zero-order valence-corrected chi connectivity index (χ0v) is 11.9. The number of benzene rings is 1. The molecule has 0 unspecified atom stereocenters. The van der Waals surface area contributed by atoms with Gasteiger partial charge in [0.2, 0.25) is 0 Å². The molecule has 1 aliphatic heterocycles.